The normalized spacial score (nSPS) is 13.7. The molecule has 0 aliphatic rings. The Bertz CT molecular complexity index is 509. The first-order chi connectivity index (χ1) is 8.96. The fourth-order valence-corrected chi connectivity index (χ4v) is 2.78. The topological polar surface area (TPSA) is 25.2 Å². The monoisotopic (exact) mass is 309 g/mol. The van der Waals surface area contributed by atoms with Crippen molar-refractivity contribution in [3.8, 4) is 0 Å². The zero-order valence-electron chi connectivity index (χ0n) is 9.71. The predicted octanol–water partition coefficient (Wildman–Crippen LogP) is 4.63. The Labute approximate surface area is 117 Å². The van der Waals surface area contributed by atoms with E-state index in [4.69, 9.17) is 16.0 Å². The fourth-order valence-electron chi connectivity index (χ4n) is 1.64. The first-order valence-corrected chi connectivity index (χ1v) is 6.74. The van der Waals surface area contributed by atoms with Crippen molar-refractivity contribution in [3.63, 3.8) is 0 Å². The molecule has 0 bridgehead atoms. The highest BCUT2D eigenvalue weighted by Gasteiger charge is 2.27. The summed E-state index contributed by atoms with van der Waals surface area (Å²) >= 11 is 7.17. The van der Waals surface area contributed by atoms with Crippen molar-refractivity contribution < 1.29 is 17.6 Å². The van der Waals surface area contributed by atoms with Gasteiger partial charge in [-0.3, -0.25) is 0 Å². The van der Waals surface area contributed by atoms with Gasteiger partial charge in [0.1, 0.15) is 11.8 Å². The standard InChI is InChI=1S/C12H11ClF3NOS/c13-10-4-3-9(19-10)11(8-2-1-7-18-8)17-6-5-12(14,15)16/h1-4,7,11,17H,5-6H2. The lowest BCUT2D eigenvalue weighted by Crippen LogP contribution is -2.26. The highest BCUT2D eigenvalue weighted by molar-refractivity contribution is 7.16. The first kappa shape index (κ1) is 14.4. The molecule has 0 radical (unpaired) electrons. The molecule has 0 saturated carbocycles. The van der Waals surface area contributed by atoms with Gasteiger partial charge in [-0.05, 0) is 24.3 Å². The summed E-state index contributed by atoms with van der Waals surface area (Å²) < 4.78 is 42.4. The van der Waals surface area contributed by atoms with Crippen molar-refractivity contribution >= 4 is 22.9 Å². The van der Waals surface area contributed by atoms with Crippen molar-refractivity contribution in [2.45, 2.75) is 18.6 Å². The summed E-state index contributed by atoms with van der Waals surface area (Å²) in [4.78, 5) is 0.821. The van der Waals surface area contributed by atoms with Gasteiger partial charge in [-0.2, -0.15) is 13.2 Å². The van der Waals surface area contributed by atoms with Crippen LogP contribution >= 0.6 is 22.9 Å². The van der Waals surface area contributed by atoms with E-state index in [0.717, 1.165) is 4.88 Å². The van der Waals surface area contributed by atoms with E-state index >= 15 is 0 Å². The van der Waals surface area contributed by atoms with Gasteiger partial charge in [0.15, 0.2) is 0 Å². The van der Waals surface area contributed by atoms with Crippen LogP contribution in [0.25, 0.3) is 0 Å². The van der Waals surface area contributed by atoms with Gasteiger partial charge in [-0.15, -0.1) is 11.3 Å². The Hall–Kier alpha value is -0.980. The summed E-state index contributed by atoms with van der Waals surface area (Å²) in [7, 11) is 0. The maximum absolute atomic E-state index is 12.2. The van der Waals surface area contributed by atoms with E-state index in [1.807, 2.05) is 0 Å². The third-order valence-electron chi connectivity index (χ3n) is 2.46. The number of rotatable bonds is 5. The minimum Gasteiger partial charge on any atom is -0.467 e. The summed E-state index contributed by atoms with van der Waals surface area (Å²) in [6.07, 6.45) is -3.57. The van der Waals surface area contributed by atoms with Gasteiger partial charge in [-0.25, -0.2) is 0 Å². The fraction of sp³-hybridized carbons (Fsp3) is 0.333. The van der Waals surface area contributed by atoms with E-state index in [0.29, 0.717) is 10.1 Å². The van der Waals surface area contributed by atoms with Crippen LogP contribution in [0.3, 0.4) is 0 Å². The summed E-state index contributed by atoms with van der Waals surface area (Å²) in [5, 5.41) is 2.85. The lowest BCUT2D eigenvalue weighted by atomic mass is 10.2. The zero-order valence-corrected chi connectivity index (χ0v) is 11.3. The van der Waals surface area contributed by atoms with Crippen LogP contribution in [-0.2, 0) is 0 Å². The van der Waals surface area contributed by atoms with Crippen LogP contribution in [-0.4, -0.2) is 12.7 Å². The molecule has 1 unspecified atom stereocenters. The molecule has 7 heteroatoms. The number of thiophene rings is 1. The van der Waals surface area contributed by atoms with E-state index in [1.54, 1.807) is 24.3 Å². The van der Waals surface area contributed by atoms with Crippen LogP contribution < -0.4 is 5.32 Å². The molecule has 104 valence electrons. The van der Waals surface area contributed by atoms with Crippen LogP contribution in [0.2, 0.25) is 4.34 Å². The smallest absolute Gasteiger partial charge is 0.390 e. The molecule has 19 heavy (non-hydrogen) atoms. The third kappa shape index (κ3) is 4.26. The SMILES string of the molecule is FC(F)(F)CCNC(c1ccco1)c1ccc(Cl)s1. The molecule has 1 N–H and O–H groups in total. The average molecular weight is 310 g/mol. The molecule has 1 atom stereocenters. The number of halogens is 4. The van der Waals surface area contributed by atoms with Crippen molar-refractivity contribution in [1.29, 1.82) is 0 Å². The number of nitrogens with one attached hydrogen (secondary N) is 1. The number of hydrogen-bond donors (Lipinski definition) is 1. The van der Waals surface area contributed by atoms with E-state index < -0.39 is 18.6 Å². The molecule has 2 nitrogen and oxygen atoms in total. The molecule has 2 heterocycles. The predicted molar refractivity (Wildman–Crippen MR) is 68.6 cm³/mol. The Kier molecular flexibility index (Phi) is 4.54. The number of alkyl halides is 3. The maximum Gasteiger partial charge on any atom is 0.390 e. The average Bonchev–Trinajstić information content (AvgIpc) is 2.94. The van der Waals surface area contributed by atoms with Gasteiger partial charge in [0, 0.05) is 11.4 Å². The molecule has 0 aliphatic carbocycles. The lowest BCUT2D eigenvalue weighted by molar-refractivity contribution is -0.133. The molecule has 2 aromatic rings. The summed E-state index contributed by atoms with van der Waals surface area (Å²) in [5.74, 6) is 0.570. The van der Waals surface area contributed by atoms with Gasteiger partial charge < -0.3 is 9.73 Å². The second-order valence-electron chi connectivity index (χ2n) is 3.91. The molecule has 0 saturated heterocycles. The van der Waals surface area contributed by atoms with Gasteiger partial charge in [0.25, 0.3) is 0 Å². The highest BCUT2D eigenvalue weighted by atomic mass is 35.5. The van der Waals surface area contributed by atoms with E-state index in [1.165, 1.54) is 17.6 Å². The van der Waals surface area contributed by atoms with Crippen molar-refractivity contribution in [3.05, 3.63) is 45.5 Å². The highest BCUT2D eigenvalue weighted by Crippen LogP contribution is 2.31. The number of hydrogen-bond acceptors (Lipinski definition) is 3. The van der Waals surface area contributed by atoms with E-state index in [-0.39, 0.29) is 6.54 Å². The van der Waals surface area contributed by atoms with Gasteiger partial charge in [-0.1, -0.05) is 11.6 Å². The summed E-state index contributed by atoms with van der Waals surface area (Å²) in [6, 6.07) is 6.50. The second kappa shape index (κ2) is 5.98. The third-order valence-corrected chi connectivity index (χ3v) is 3.76. The van der Waals surface area contributed by atoms with Crippen molar-refractivity contribution in [2.75, 3.05) is 6.54 Å². The zero-order chi connectivity index (χ0) is 13.9. The minimum atomic E-state index is -4.17. The molecular weight excluding hydrogens is 299 g/mol. The molecule has 2 rings (SSSR count). The van der Waals surface area contributed by atoms with Crippen LogP contribution in [0.15, 0.2) is 34.9 Å². The Morgan fingerprint density at radius 1 is 1.32 bits per heavy atom. The quantitative estimate of drug-likeness (QED) is 0.871. The minimum absolute atomic E-state index is 0.176. The Morgan fingerprint density at radius 3 is 2.63 bits per heavy atom. The van der Waals surface area contributed by atoms with Gasteiger partial charge in [0.2, 0.25) is 0 Å². The van der Waals surface area contributed by atoms with Crippen LogP contribution in [0.1, 0.15) is 23.1 Å². The molecule has 0 aliphatic heterocycles. The van der Waals surface area contributed by atoms with Crippen molar-refractivity contribution in [2.24, 2.45) is 0 Å². The summed E-state index contributed by atoms with van der Waals surface area (Å²) in [5.41, 5.74) is 0. The van der Waals surface area contributed by atoms with Crippen molar-refractivity contribution in [1.82, 2.24) is 5.32 Å². The molecule has 0 aromatic carbocycles. The molecule has 0 amide bonds. The lowest BCUT2D eigenvalue weighted by Gasteiger charge is -2.16. The van der Waals surface area contributed by atoms with Gasteiger partial charge >= 0.3 is 6.18 Å². The Balaban J connectivity index is 2.08. The maximum atomic E-state index is 12.2. The Morgan fingerprint density at radius 2 is 2.11 bits per heavy atom. The van der Waals surface area contributed by atoms with Crippen LogP contribution in [0.5, 0.6) is 0 Å². The van der Waals surface area contributed by atoms with Crippen LogP contribution in [0.4, 0.5) is 13.2 Å². The van der Waals surface area contributed by atoms with E-state index in [2.05, 4.69) is 5.32 Å². The van der Waals surface area contributed by atoms with E-state index in [9.17, 15) is 13.2 Å². The first-order valence-electron chi connectivity index (χ1n) is 5.54. The second-order valence-corrected chi connectivity index (χ2v) is 5.66. The summed E-state index contributed by atoms with van der Waals surface area (Å²) in [6.45, 7) is -0.176. The van der Waals surface area contributed by atoms with Crippen LogP contribution in [0, 0.1) is 0 Å². The van der Waals surface area contributed by atoms with Gasteiger partial charge in [0.05, 0.1) is 17.0 Å². The molecule has 0 spiro atoms. The largest absolute Gasteiger partial charge is 0.467 e. The molecule has 2 aromatic heterocycles. The molecular formula is C12H11ClF3NOS. The molecule has 0 fully saturated rings. The number of furan rings is 1.